The van der Waals surface area contributed by atoms with Crippen LogP contribution in [-0.4, -0.2) is 58.5 Å². The SMILES string of the molecule is O=C(c1ccc(-c2ccc(F)cc2C(F)(F)F)cc1)N1CCN(C(=O)C2(O)CC2)CC1. The Balaban J connectivity index is 1.46. The summed E-state index contributed by atoms with van der Waals surface area (Å²) in [4.78, 5) is 28.0. The van der Waals surface area contributed by atoms with Crippen molar-refractivity contribution in [2.75, 3.05) is 26.2 Å². The number of piperazine rings is 1. The summed E-state index contributed by atoms with van der Waals surface area (Å²) in [7, 11) is 0. The van der Waals surface area contributed by atoms with Crippen LogP contribution >= 0.6 is 0 Å². The Morgan fingerprint density at radius 3 is 2.03 bits per heavy atom. The van der Waals surface area contributed by atoms with Crippen LogP contribution in [0.3, 0.4) is 0 Å². The van der Waals surface area contributed by atoms with Crippen molar-refractivity contribution in [3.05, 3.63) is 59.4 Å². The molecule has 9 heteroatoms. The fourth-order valence-corrected chi connectivity index (χ4v) is 3.72. The molecule has 0 bridgehead atoms. The predicted molar refractivity (Wildman–Crippen MR) is 104 cm³/mol. The topological polar surface area (TPSA) is 60.9 Å². The van der Waals surface area contributed by atoms with E-state index in [4.69, 9.17) is 0 Å². The van der Waals surface area contributed by atoms with Crippen molar-refractivity contribution < 1.29 is 32.3 Å². The first kappa shape index (κ1) is 21.3. The van der Waals surface area contributed by atoms with Gasteiger partial charge in [0.2, 0.25) is 0 Å². The van der Waals surface area contributed by atoms with Gasteiger partial charge >= 0.3 is 6.18 Å². The van der Waals surface area contributed by atoms with Crippen molar-refractivity contribution in [2.45, 2.75) is 24.6 Å². The second-order valence-electron chi connectivity index (χ2n) is 7.88. The van der Waals surface area contributed by atoms with Gasteiger partial charge in [0.1, 0.15) is 11.4 Å². The third-order valence-corrected chi connectivity index (χ3v) is 5.71. The molecule has 2 amide bonds. The first-order chi connectivity index (χ1) is 14.6. The minimum Gasteiger partial charge on any atom is -0.380 e. The lowest BCUT2D eigenvalue weighted by molar-refractivity contribution is -0.144. The number of carbonyl (C=O) groups excluding carboxylic acids is 2. The quantitative estimate of drug-likeness (QED) is 0.751. The Morgan fingerprint density at radius 2 is 1.48 bits per heavy atom. The molecule has 0 spiro atoms. The minimum absolute atomic E-state index is 0.168. The number of hydrogen-bond donors (Lipinski definition) is 1. The number of hydrogen-bond acceptors (Lipinski definition) is 3. The van der Waals surface area contributed by atoms with Gasteiger partial charge in [-0.3, -0.25) is 9.59 Å². The highest BCUT2D eigenvalue weighted by Crippen LogP contribution is 2.38. The Hall–Kier alpha value is -2.94. The molecule has 164 valence electrons. The summed E-state index contributed by atoms with van der Waals surface area (Å²) in [5.74, 6) is -1.57. The van der Waals surface area contributed by atoms with Gasteiger partial charge in [0.05, 0.1) is 5.56 Å². The number of nitrogens with zero attached hydrogens (tertiary/aromatic N) is 2. The number of alkyl halides is 3. The van der Waals surface area contributed by atoms with Crippen LogP contribution in [0.25, 0.3) is 11.1 Å². The van der Waals surface area contributed by atoms with E-state index in [2.05, 4.69) is 0 Å². The van der Waals surface area contributed by atoms with Crippen molar-refractivity contribution in [1.82, 2.24) is 9.80 Å². The molecule has 1 saturated heterocycles. The summed E-state index contributed by atoms with van der Waals surface area (Å²) in [6, 6.07) is 8.16. The van der Waals surface area contributed by atoms with E-state index in [1.165, 1.54) is 24.3 Å². The van der Waals surface area contributed by atoms with Gasteiger partial charge in [0.25, 0.3) is 11.8 Å². The van der Waals surface area contributed by atoms with Crippen molar-refractivity contribution in [2.24, 2.45) is 0 Å². The van der Waals surface area contributed by atoms with Gasteiger partial charge in [0.15, 0.2) is 0 Å². The zero-order chi connectivity index (χ0) is 22.4. The van der Waals surface area contributed by atoms with E-state index in [1.807, 2.05) is 0 Å². The largest absolute Gasteiger partial charge is 0.417 e. The van der Waals surface area contributed by atoms with Crippen LogP contribution in [-0.2, 0) is 11.0 Å². The molecule has 2 aromatic carbocycles. The molecule has 31 heavy (non-hydrogen) atoms. The number of rotatable bonds is 3. The second-order valence-corrected chi connectivity index (χ2v) is 7.88. The molecule has 1 N–H and O–H groups in total. The number of halogens is 4. The normalized spacial score (nSPS) is 18.1. The number of benzene rings is 2. The van der Waals surface area contributed by atoms with E-state index >= 15 is 0 Å². The second kappa shape index (κ2) is 7.64. The Morgan fingerprint density at radius 1 is 0.903 bits per heavy atom. The summed E-state index contributed by atoms with van der Waals surface area (Å²) >= 11 is 0. The summed E-state index contributed by atoms with van der Waals surface area (Å²) in [5, 5.41) is 9.94. The van der Waals surface area contributed by atoms with Gasteiger partial charge in [-0.15, -0.1) is 0 Å². The van der Waals surface area contributed by atoms with Crippen LogP contribution in [0.2, 0.25) is 0 Å². The van der Waals surface area contributed by atoms with Gasteiger partial charge in [-0.2, -0.15) is 13.2 Å². The lowest BCUT2D eigenvalue weighted by Gasteiger charge is -2.35. The van der Waals surface area contributed by atoms with Crippen LogP contribution in [0.4, 0.5) is 17.6 Å². The smallest absolute Gasteiger partial charge is 0.380 e. The van der Waals surface area contributed by atoms with Crippen LogP contribution in [0, 0.1) is 5.82 Å². The molecule has 2 fully saturated rings. The average Bonchev–Trinajstić information content (AvgIpc) is 3.51. The molecule has 1 aliphatic heterocycles. The molecule has 1 aliphatic carbocycles. The van der Waals surface area contributed by atoms with Gasteiger partial charge in [0, 0.05) is 31.7 Å². The minimum atomic E-state index is -4.71. The zero-order valence-electron chi connectivity index (χ0n) is 16.5. The molecule has 0 radical (unpaired) electrons. The molecular weight excluding hydrogens is 416 g/mol. The van der Waals surface area contributed by atoms with Crippen molar-refractivity contribution in [1.29, 1.82) is 0 Å². The maximum atomic E-state index is 13.3. The average molecular weight is 436 g/mol. The van der Waals surface area contributed by atoms with E-state index in [1.54, 1.807) is 9.80 Å². The lowest BCUT2D eigenvalue weighted by Crippen LogP contribution is -2.53. The van der Waals surface area contributed by atoms with Crippen molar-refractivity contribution in [3.63, 3.8) is 0 Å². The maximum Gasteiger partial charge on any atom is 0.417 e. The van der Waals surface area contributed by atoms with E-state index in [-0.39, 0.29) is 22.9 Å². The maximum absolute atomic E-state index is 13.3. The standard InChI is InChI=1S/C22H20F4N2O3/c23-16-5-6-17(18(13-16)22(24,25)26)14-1-3-15(4-2-14)19(29)27-9-11-28(12-10-27)20(30)21(31)7-8-21/h1-6,13,31H,7-12H2. The fourth-order valence-electron chi connectivity index (χ4n) is 3.72. The lowest BCUT2D eigenvalue weighted by atomic mass is 9.98. The third-order valence-electron chi connectivity index (χ3n) is 5.71. The van der Waals surface area contributed by atoms with Crippen molar-refractivity contribution in [3.8, 4) is 11.1 Å². The van der Waals surface area contributed by atoms with Gasteiger partial charge < -0.3 is 14.9 Å². The highest BCUT2D eigenvalue weighted by molar-refractivity contribution is 5.95. The summed E-state index contributed by atoms with van der Waals surface area (Å²) in [5.41, 5.74) is -1.96. The first-order valence-electron chi connectivity index (χ1n) is 9.87. The van der Waals surface area contributed by atoms with E-state index in [9.17, 15) is 32.3 Å². The van der Waals surface area contributed by atoms with Crippen LogP contribution in [0.15, 0.2) is 42.5 Å². The molecular formula is C22H20F4N2O3. The molecule has 0 aromatic heterocycles. The first-order valence-corrected chi connectivity index (χ1v) is 9.87. The Bertz CT molecular complexity index is 1010. The van der Waals surface area contributed by atoms with E-state index in [0.717, 1.165) is 12.1 Å². The number of amides is 2. The van der Waals surface area contributed by atoms with Crippen LogP contribution < -0.4 is 0 Å². The summed E-state index contributed by atoms with van der Waals surface area (Å²) in [6.45, 7) is 1.24. The molecule has 4 rings (SSSR count). The van der Waals surface area contributed by atoms with Gasteiger partial charge in [-0.25, -0.2) is 4.39 Å². The molecule has 5 nitrogen and oxygen atoms in total. The predicted octanol–water partition coefficient (Wildman–Crippen LogP) is 3.32. The molecule has 2 aromatic rings. The van der Waals surface area contributed by atoms with E-state index in [0.29, 0.717) is 50.7 Å². The fraction of sp³-hybridized carbons (Fsp3) is 0.364. The number of aliphatic hydroxyl groups is 1. The van der Waals surface area contributed by atoms with Crippen LogP contribution in [0.5, 0.6) is 0 Å². The zero-order valence-corrected chi connectivity index (χ0v) is 16.5. The monoisotopic (exact) mass is 436 g/mol. The van der Waals surface area contributed by atoms with Crippen LogP contribution in [0.1, 0.15) is 28.8 Å². The molecule has 1 saturated carbocycles. The van der Waals surface area contributed by atoms with E-state index < -0.39 is 23.2 Å². The number of carbonyl (C=O) groups is 2. The molecule has 0 unspecified atom stereocenters. The highest BCUT2D eigenvalue weighted by atomic mass is 19.4. The van der Waals surface area contributed by atoms with Gasteiger partial charge in [-0.05, 0) is 48.2 Å². The highest BCUT2D eigenvalue weighted by Gasteiger charge is 2.50. The van der Waals surface area contributed by atoms with Gasteiger partial charge in [-0.1, -0.05) is 18.2 Å². The molecule has 2 aliphatic rings. The Kier molecular flexibility index (Phi) is 5.25. The summed E-state index contributed by atoms with van der Waals surface area (Å²) < 4.78 is 53.1. The third kappa shape index (κ3) is 4.27. The molecule has 1 heterocycles. The molecule has 0 atom stereocenters. The summed E-state index contributed by atoms with van der Waals surface area (Å²) in [6.07, 6.45) is -3.79. The van der Waals surface area contributed by atoms with Crippen molar-refractivity contribution >= 4 is 11.8 Å². The Labute approximate surface area is 175 Å².